The van der Waals surface area contributed by atoms with Gasteiger partial charge in [0.15, 0.2) is 0 Å². The molecule has 0 aromatic heterocycles. The molecule has 0 aromatic rings. The van der Waals surface area contributed by atoms with E-state index in [9.17, 15) is 4.79 Å². The summed E-state index contributed by atoms with van der Waals surface area (Å²) < 4.78 is 4.80. The van der Waals surface area contributed by atoms with E-state index in [4.69, 9.17) is 10.5 Å². The van der Waals surface area contributed by atoms with Crippen LogP contribution in [0.25, 0.3) is 0 Å². The van der Waals surface area contributed by atoms with Crippen molar-refractivity contribution in [2.75, 3.05) is 20.3 Å². The van der Waals surface area contributed by atoms with Gasteiger partial charge < -0.3 is 15.8 Å². The van der Waals surface area contributed by atoms with E-state index in [2.05, 4.69) is 5.32 Å². The molecule has 0 fully saturated rings. The summed E-state index contributed by atoms with van der Waals surface area (Å²) in [6.45, 7) is 5.05. The molecule has 0 unspecified atom stereocenters. The van der Waals surface area contributed by atoms with Gasteiger partial charge in [-0.1, -0.05) is 20.3 Å². The first-order chi connectivity index (χ1) is 6.13. The molecular formula is C9H20N2O2. The van der Waals surface area contributed by atoms with Crippen LogP contribution in [0.3, 0.4) is 0 Å². The van der Waals surface area contributed by atoms with Crippen LogP contribution < -0.4 is 11.1 Å². The number of hydrogen-bond acceptors (Lipinski definition) is 3. The third-order valence-corrected chi connectivity index (χ3v) is 2.17. The van der Waals surface area contributed by atoms with Crippen molar-refractivity contribution in [1.29, 1.82) is 0 Å². The monoisotopic (exact) mass is 188 g/mol. The van der Waals surface area contributed by atoms with Crippen molar-refractivity contribution in [3.8, 4) is 0 Å². The number of ether oxygens (including phenoxy) is 1. The zero-order chi connectivity index (χ0) is 10.3. The van der Waals surface area contributed by atoms with Crippen LogP contribution >= 0.6 is 0 Å². The Morgan fingerprint density at radius 3 is 2.69 bits per heavy atom. The molecule has 3 N–H and O–H groups in total. The summed E-state index contributed by atoms with van der Waals surface area (Å²) in [6, 6.07) is -0.401. The van der Waals surface area contributed by atoms with Crippen LogP contribution in [-0.4, -0.2) is 32.2 Å². The molecule has 0 aliphatic heterocycles. The molecule has 13 heavy (non-hydrogen) atoms. The zero-order valence-electron chi connectivity index (χ0n) is 8.67. The topological polar surface area (TPSA) is 64.4 Å². The first-order valence-corrected chi connectivity index (χ1v) is 4.65. The molecule has 0 aliphatic carbocycles. The van der Waals surface area contributed by atoms with E-state index in [0.717, 1.165) is 6.42 Å². The minimum atomic E-state index is -0.401. The standard InChI is InChI=1S/C9H20N2O2/c1-4-7(2)8(10)9(12)11-5-6-13-3/h7-8H,4-6,10H2,1-3H3,(H,11,12)/t7-,8+/m0/s1. The van der Waals surface area contributed by atoms with E-state index in [0.29, 0.717) is 13.2 Å². The molecule has 78 valence electrons. The largest absolute Gasteiger partial charge is 0.383 e. The number of nitrogens with two attached hydrogens (primary N) is 1. The van der Waals surface area contributed by atoms with E-state index in [1.165, 1.54) is 0 Å². The van der Waals surface area contributed by atoms with Gasteiger partial charge in [-0.15, -0.1) is 0 Å². The lowest BCUT2D eigenvalue weighted by Crippen LogP contribution is -2.45. The Labute approximate surface area is 79.8 Å². The minimum absolute atomic E-state index is 0.0913. The van der Waals surface area contributed by atoms with Crippen molar-refractivity contribution in [1.82, 2.24) is 5.32 Å². The molecule has 4 nitrogen and oxygen atoms in total. The number of nitrogens with one attached hydrogen (secondary N) is 1. The quantitative estimate of drug-likeness (QED) is 0.582. The maximum absolute atomic E-state index is 11.3. The molecule has 0 aliphatic rings. The Morgan fingerprint density at radius 2 is 2.23 bits per heavy atom. The van der Waals surface area contributed by atoms with Crippen molar-refractivity contribution in [2.24, 2.45) is 11.7 Å². The van der Waals surface area contributed by atoms with Gasteiger partial charge in [0.05, 0.1) is 12.6 Å². The van der Waals surface area contributed by atoms with Crippen LogP contribution in [0, 0.1) is 5.92 Å². The van der Waals surface area contributed by atoms with Crippen LogP contribution in [0.1, 0.15) is 20.3 Å². The number of hydrogen-bond donors (Lipinski definition) is 2. The van der Waals surface area contributed by atoms with Crippen LogP contribution in [0.15, 0.2) is 0 Å². The van der Waals surface area contributed by atoms with Gasteiger partial charge in [-0.3, -0.25) is 4.79 Å². The first kappa shape index (κ1) is 12.4. The summed E-state index contributed by atoms with van der Waals surface area (Å²) in [6.07, 6.45) is 0.916. The molecule has 0 spiro atoms. The highest BCUT2D eigenvalue weighted by atomic mass is 16.5. The molecule has 0 saturated carbocycles. The summed E-state index contributed by atoms with van der Waals surface area (Å²) in [7, 11) is 1.60. The van der Waals surface area contributed by atoms with E-state index < -0.39 is 6.04 Å². The van der Waals surface area contributed by atoms with Crippen molar-refractivity contribution in [3.05, 3.63) is 0 Å². The highest BCUT2D eigenvalue weighted by Gasteiger charge is 2.18. The van der Waals surface area contributed by atoms with Crippen molar-refractivity contribution < 1.29 is 9.53 Å². The zero-order valence-corrected chi connectivity index (χ0v) is 8.67. The van der Waals surface area contributed by atoms with Gasteiger partial charge in [-0.05, 0) is 5.92 Å². The second-order valence-corrected chi connectivity index (χ2v) is 3.20. The van der Waals surface area contributed by atoms with Gasteiger partial charge in [-0.2, -0.15) is 0 Å². The van der Waals surface area contributed by atoms with Gasteiger partial charge in [0, 0.05) is 13.7 Å². The molecule has 0 heterocycles. The number of methoxy groups -OCH3 is 1. The fourth-order valence-electron chi connectivity index (χ4n) is 0.906. The van der Waals surface area contributed by atoms with Crippen LogP contribution in [0.2, 0.25) is 0 Å². The predicted molar refractivity (Wildman–Crippen MR) is 52.3 cm³/mol. The molecule has 0 aromatic carbocycles. The van der Waals surface area contributed by atoms with E-state index in [1.807, 2.05) is 13.8 Å². The Hall–Kier alpha value is -0.610. The smallest absolute Gasteiger partial charge is 0.237 e. The second kappa shape index (κ2) is 6.86. The molecule has 0 bridgehead atoms. The second-order valence-electron chi connectivity index (χ2n) is 3.20. The summed E-state index contributed by atoms with van der Waals surface area (Å²) in [5, 5.41) is 2.71. The van der Waals surface area contributed by atoms with Gasteiger partial charge in [0.2, 0.25) is 5.91 Å². The molecule has 0 rings (SSSR count). The third-order valence-electron chi connectivity index (χ3n) is 2.17. The highest BCUT2D eigenvalue weighted by Crippen LogP contribution is 2.04. The van der Waals surface area contributed by atoms with Crippen molar-refractivity contribution >= 4 is 5.91 Å². The van der Waals surface area contributed by atoms with Gasteiger partial charge in [0.25, 0.3) is 0 Å². The van der Waals surface area contributed by atoms with Gasteiger partial charge >= 0.3 is 0 Å². The van der Waals surface area contributed by atoms with Crippen LogP contribution in [0.5, 0.6) is 0 Å². The van der Waals surface area contributed by atoms with E-state index in [1.54, 1.807) is 7.11 Å². The lowest BCUT2D eigenvalue weighted by Gasteiger charge is -2.17. The maximum Gasteiger partial charge on any atom is 0.237 e. The summed E-state index contributed by atoms with van der Waals surface area (Å²) >= 11 is 0. The molecule has 0 radical (unpaired) electrons. The summed E-state index contributed by atoms with van der Waals surface area (Å²) in [5.41, 5.74) is 5.70. The lowest BCUT2D eigenvalue weighted by atomic mass is 9.99. The fourth-order valence-corrected chi connectivity index (χ4v) is 0.906. The van der Waals surface area contributed by atoms with E-state index in [-0.39, 0.29) is 11.8 Å². The maximum atomic E-state index is 11.3. The van der Waals surface area contributed by atoms with Crippen molar-refractivity contribution in [3.63, 3.8) is 0 Å². The average molecular weight is 188 g/mol. The molecule has 1 amide bonds. The van der Waals surface area contributed by atoms with Gasteiger partial charge in [-0.25, -0.2) is 0 Å². The van der Waals surface area contributed by atoms with Crippen LogP contribution in [-0.2, 0) is 9.53 Å². The van der Waals surface area contributed by atoms with Crippen molar-refractivity contribution in [2.45, 2.75) is 26.3 Å². The lowest BCUT2D eigenvalue weighted by molar-refractivity contribution is -0.123. The first-order valence-electron chi connectivity index (χ1n) is 4.65. The molecule has 2 atom stereocenters. The Kier molecular flexibility index (Phi) is 6.54. The molecule has 4 heteroatoms. The number of carbonyl (C=O) groups is 1. The third kappa shape index (κ3) is 4.85. The molecule has 0 saturated heterocycles. The fraction of sp³-hybridized carbons (Fsp3) is 0.889. The van der Waals surface area contributed by atoms with Gasteiger partial charge in [0.1, 0.15) is 0 Å². The normalized spacial score (nSPS) is 15.1. The Balaban J connectivity index is 3.69. The number of rotatable bonds is 6. The van der Waals surface area contributed by atoms with Crippen LogP contribution in [0.4, 0.5) is 0 Å². The Bertz CT molecular complexity index is 151. The highest BCUT2D eigenvalue weighted by molar-refractivity contribution is 5.81. The average Bonchev–Trinajstić information content (AvgIpc) is 2.15. The SMILES string of the molecule is CC[C@H](C)[C@@H](N)C(=O)NCCOC. The Morgan fingerprint density at radius 1 is 1.62 bits per heavy atom. The summed E-state index contributed by atoms with van der Waals surface area (Å²) in [5.74, 6) is 0.133. The minimum Gasteiger partial charge on any atom is -0.383 e. The predicted octanol–water partition coefficient (Wildman–Crippen LogP) is 0.122. The number of carbonyl (C=O) groups excluding carboxylic acids is 1. The molecular weight excluding hydrogens is 168 g/mol. The number of amides is 1. The van der Waals surface area contributed by atoms with E-state index >= 15 is 0 Å². The summed E-state index contributed by atoms with van der Waals surface area (Å²) in [4.78, 5) is 11.3.